The Hall–Kier alpha value is -1.41. The highest BCUT2D eigenvalue weighted by molar-refractivity contribution is 7.91. The quantitative estimate of drug-likeness (QED) is 0.818. The van der Waals surface area contributed by atoms with E-state index in [0.717, 1.165) is 10.4 Å². The van der Waals surface area contributed by atoms with Gasteiger partial charge in [-0.1, -0.05) is 29.8 Å². The van der Waals surface area contributed by atoms with Crippen LogP contribution < -0.4 is 5.32 Å². The highest BCUT2D eigenvalue weighted by atomic mass is 35.5. The monoisotopic (exact) mass is 412 g/mol. The highest BCUT2D eigenvalue weighted by Gasteiger charge is 2.33. The number of hydrogen-bond donors (Lipinski definition) is 1. The topological polar surface area (TPSA) is 66.5 Å². The fourth-order valence-corrected chi connectivity index (χ4v) is 6.19. The Morgan fingerprint density at radius 3 is 2.77 bits per heavy atom. The van der Waals surface area contributed by atoms with Crippen molar-refractivity contribution in [2.45, 2.75) is 30.5 Å². The van der Waals surface area contributed by atoms with E-state index in [-0.39, 0.29) is 18.4 Å². The maximum atomic E-state index is 12.8. The summed E-state index contributed by atoms with van der Waals surface area (Å²) in [4.78, 5) is 13.5. The molecule has 0 saturated carbocycles. The molecule has 0 radical (unpaired) electrons. The Bertz CT molecular complexity index is 895. The van der Waals surface area contributed by atoms with Crippen LogP contribution in [0.1, 0.15) is 23.3 Å². The number of nitrogens with one attached hydrogen (secondary N) is 1. The number of nitrogens with zero attached hydrogens (tertiary/aromatic N) is 1. The number of carbonyl (C=O) groups excluding carboxylic acids is 1. The lowest BCUT2D eigenvalue weighted by Crippen LogP contribution is -2.45. The summed E-state index contributed by atoms with van der Waals surface area (Å²) in [6.45, 7) is 2.89. The third kappa shape index (κ3) is 4.28. The predicted molar refractivity (Wildman–Crippen MR) is 104 cm³/mol. The van der Waals surface area contributed by atoms with E-state index in [2.05, 4.69) is 5.32 Å². The van der Waals surface area contributed by atoms with Gasteiger partial charge in [0.25, 0.3) is 10.0 Å². The molecule has 1 aliphatic rings. The Labute approximate surface area is 163 Å². The molecule has 1 aromatic carbocycles. The lowest BCUT2D eigenvalue weighted by molar-refractivity contribution is -0.126. The Morgan fingerprint density at radius 1 is 1.31 bits per heavy atom. The molecule has 1 atom stereocenters. The van der Waals surface area contributed by atoms with Crippen LogP contribution in [0.25, 0.3) is 0 Å². The first-order valence-electron chi connectivity index (χ1n) is 8.45. The number of halogens is 1. The second kappa shape index (κ2) is 8.08. The van der Waals surface area contributed by atoms with E-state index >= 15 is 0 Å². The molecule has 26 heavy (non-hydrogen) atoms. The number of thiophene rings is 1. The van der Waals surface area contributed by atoms with Gasteiger partial charge in [0.2, 0.25) is 5.91 Å². The van der Waals surface area contributed by atoms with E-state index in [1.54, 1.807) is 18.2 Å². The largest absolute Gasteiger partial charge is 0.352 e. The lowest BCUT2D eigenvalue weighted by atomic mass is 9.99. The summed E-state index contributed by atoms with van der Waals surface area (Å²) in [5.41, 5.74) is 0.844. The van der Waals surface area contributed by atoms with Gasteiger partial charge in [-0.25, -0.2) is 8.42 Å². The Kier molecular flexibility index (Phi) is 6.02. The molecule has 1 aromatic heterocycles. The van der Waals surface area contributed by atoms with Crippen molar-refractivity contribution in [1.29, 1.82) is 0 Å². The summed E-state index contributed by atoms with van der Waals surface area (Å²) < 4.78 is 27.3. The van der Waals surface area contributed by atoms with E-state index in [0.29, 0.717) is 35.2 Å². The average Bonchev–Trinajstić information content (AvgIpc) is 3.08. The third-order valence-corrected chi connectivity index (χ3v) is 8.18. The van der Waals surface area contributed by atoms with Crippen molar-refractivity contribution < 1.29 is 13.2 Å². The van der Waals surface area contributed by atoms with Crippen molar-refractivity contribution in [2.75, 3.05) is 13.1 Å². The van der Waals surface area contributed by atoms with Crippen molar-refractivity contribution in [2.24, 2.45) is 5.92 Å². The second-order valence-corrected chi connectivity index (χ2v) is 10.2. The molecule has 1 saturated heterocycles. The van der Waals surface area contributed by atoms with Gasteiger partial charge in [-0.3, -0.25) is 4.79 Å². The van der Waals surface area contributed by atoms with Crippen molar-refractivity contribution >= 4 is 38.9 Å². The zero-order valence-corrected chi connectivity index (χ0v) is 16.8. The molecule has 1 N–H and O–H groups in total. The average molecular weight is 413 g/mol. The summed E-state index contributed by atoms with van der Waals surface area (Å²) in [6.07, 6.45) is 1.36. The summed E-state index contributed by atoms with van der Waals surface area (Å²) in [7, 11) is -3.53. The minimum atomic E-state index is -3.53. The van der Waals surface area contributed by atoms with Gasteiger partial charge < -0.3 is 5.32 Å². The van der Waals surface area contributed by atoms with Crippen LogP contribution in [0.15, 0.2) is 40.6 Å². The van der Waals surface area contributed by atoms with Crippen LogP contribution in [-0.4, -0.2) is 31.7 Å². The number of hydrogen-bond acceptors (Lipinski definition) is 4. The fourth-order valence-electron chi connectivity index (χ4n) is 3.02. The molecule has 1 aliphatic heterocycles. The lowest BCUT2D eigenvalue weighted by Gasteiger charge is -2.30. The molecule has 2 aromatic rings. The van der Waals surface area contributed by atoms with E-state index in [4.69, 9.17) is 11.6 Å². The van der Waals surface area contributed by atoms with Gasteiger partial charge in [-0.15, -0.1) is 11.3 Å². The molecule has 2 heterocycles. The molecule has 3 rings (SSSR count). The van der Waals surface area contributed by atoms with Crippen molar-refractivity contribution in [3.05, 3.63) is 51.9 Å². The third-order valence-electron chi connectivity index (χ3n) is 4.48. The molecular weight excluding hydrogens is 392 g/mol. The van der Waals surface area contributed by atoms with Gasteiger partial charge in [0.1, 0.15) is 4.21 Å². The van der Waals surface area contributed by atoms with Crippen molar-refractivity contribution in [3.8, 4) is 0 Å². The molecule has 0 spiro atoms. The first-order valence-corrected chi connectivity index (χ1v) is 11.1. The smallest absolute Gasteiger partial charge is 0.252 e. The summed E-state index contributed by atoms with van der Waals surface area (Å²) in [5, 5.41) is 3.49. The Balaban J connectivity index is 1.64. The SMILES string of the molecule is Cc1ccc(S(=O)(=O)N2CCC[C@H](C(=O)NCc3ccccc3Cl)C2)s1. The molecule has 0 unspecified atom stereocenters. The van der Waals surface area contributed by atoms with Gasteiger partial charge in [-0.2, -0.15) is 4.31 Å². The van der Waals surface area contributed by atoms with Crippen LogP contribution in [-0.2, 0) is 21.4 Å². The van der Waals surface area contributed by atoms with E-state index in [9.17, 15) is 13.2 Å². The Morgan fingerprint density at radius 2 is 2.08 bits per heavy atom. The second-order valence-electron chi connectivity index (χ2n) is 6.38. The van der Waals surface area contributed by atoms with Gasteiger partial charge in [0, 0.05) is 29.5 Å². The van der Waals surface area contributed by atoms with Gasteiger partial charge in [0.05, 0.1) is 5.92 Å². The number of aryl methyl sites for hydroxylation is 1. The molecule has 140 valence electrons. The van der Waals surface area contributed by atoms with Crippen LogP contribution >= 0.6 is 22.9 Å². The molecule has 1 amide bonds. The predicted octanol–water partition coefficient (Wildman–Crippen LogP) is 3.43. The zero-order chi connectivity index (χ0) is 18.7. The van der Waals surface area contributed by atoms with Crippen LogP contribution in [0.2, 0.25) is 5.02 Å². The maximum absolute atomic E-state index is 12.8. The standard InChI is InChI=1S/C18H21ClN2O3S2/c1-13-8-9-17(25-13)26(23,24)21-10-4-6-15(12-21)18(22)20-11-14-5-2-3-7-16(14)19/h2-3,5,7-9,15H,4,6,10-12H2,1H3,(H,20,22)/t15-/m0/s1. The molecule has 8 heteroatoms. The van der Waals surface area contributed by atoms with Crippen LogP contribution in [0, 0.1) is 12.8 Å². The number of benzene rings is 1. The number of carbonyl (C=O) groups is 1. The van der Waals surface area contributed by atoms with Crippen LogP contribution in [0.3, 0.4) is 0 Å². The van der Waals surface area contributed by atoms with E-state index < -0.39 is 10.0 Å². The molecular formula is C18H21ClN2O3S2. The van der Waals surface area contributed by atoms with Crippen molar-refractivity contribution in [3.63, 3.8) is 0 Å². The summed E-state index contributed by atoms with van der Waals surface area (Å²) >= 11 is 7.37. The maximum Gasteiger partial charge on any atom is 0.252 e. The number of piperidine rings is 1. The number of rotatable bonds is 5. The van der Waals surface area contributed by atoms with Crippen LogP contribution in [0.5, 0.6) is 0 Å². The van der Waals surface area contributed by atoms with E-state index in [1.807, 2.05) is 25.1 Å². The van der Waals surface area contributed by atoms with Crippen molar-refractivity contribution in [1.82, 2.24) is 9.62 Å². The first kappa shape index (κ1) is 19.4. The molecule has 5 nitrogen and oxygen atoms in total. The normalized spacial score (nSPS) is 18.6. The van der Waals surface area contributed by atoms with Gasteiger partial charge in [0.15, 0.2) is 0 Å². The number of amides is 1. The number of sulfonamides is 1. The van der Waals surface area contributed by atoms with E-state index in [1.165, 1.54) is 15.6 Å². The first-order chi connectivity index (χ1) is 12.4. The minimum Gasteiger partial charge on any atom is -0.352 e. The zero-order valence-electron chi connectivity index (χ0n) is 14.4. The summed E-state index contributed by atoms with van der Waals surface area (Å²) in [5.74, 6) is -0.478. The summed E-state index contributed by atoms with van der Waals surface area (Å²) in [6, 6.07) is 10.8. The van der Waals surface area contributed by atoms with Crippen LogP contribution in [0.4, 0.5) is 0 Å². The molecule has 0 aliphatic carbocycles. The van der Waals surface area contributed by atoms with Gasteiger partial charge >= 0.3 is 0 Å². The highest BCUT2D eigenvalue weighted by Crippen LogP contribution is 2.28. The molecule has 0 bridgehead atoms. The van der Waals surface area contributed by atoms with Gasteiger partial charge in [-0.05, 0) is 43.5 Å². The minimum absolute atomic E-state index is 0.132. The molecule has 1 fully saturated rings. The fraction of sp³-hybridized carbons (Fsp3) is 0.389.